The summed E-state index contributed by atoms with van der Waals surface area (Å²) in [6.07, 6.45) is 0. The van der Waals surface area contributed by atoms with Gasteiger partial charge in [0.25, 0.3) is 5.89 Å². The molecular formula is C19H17Cl2N3O5S. The molecule has 0 aliphatic carbocycles. The molecule has 0 spiro atoms. The number of hydrogen-bond acceptors (Lipinski definition) is 7. The first-order chi connectivity index (χ1) is 14.2. The maximum Gasteiger partial charge on any atom is 0.324 e. The van der Waals surface area contributed by atoms with Crippen molar-refractivity contribution in [3.63, 3.8) is 0 Å². The second kappa shape index (κ2) is 9.13. The number of sulfonamides is 1. The molecule has 3 rings (SSSR count). The molecule has 0 amide bonds. The Kier molecular flexibility index (Phi) is 6.77. The van der Waals surface area contributed by atoms with E-state index in [-0.39, 0.29) is 33.3 Å². The zero-order valence-electron chi connectivity index (χ0n) is 15.9. The summed E-state index contributed by atoms with van der Waals surface area (Å²) in [5, 5.41) is 4.05. The zero-order valence-corrected chi connectivity index (χ0v) is 18.3. The lowest BCUT2D eigenvalue weighted by atomic mass is 10.1. The molecule has 0 fully saturated rings. The maximum absolute atomic E-state index is 12.4. The number of rotatable bonds is 7. The Morgan fingerprint density at radius 3 is 2.53 bits per heavy atom. The molecule has 0 saturated carbocycles. The highest BCUT2D eigenvalue weighted by atomic mass is 35.5. The highest BCUT2D eigenvalue weighted by molar-refractivity contribution is 7.89. The minimum absolute atomic E-state index is 0.0799. The van der Waals surface area contributed by atoms with Crippen LogP contribution in [0.15, 0.2) is 51.9 Å². The summed E-state index contributed by atoms with van der Waals surface area (Å²) in [5.74, 6) is -0.367. The van der Waals surface area contributed by atoms with E-state index >= 15 is 0 Å². The number of carbonyl (C=O) groups excluding carboxylic acids is 1. The van der Waals surface area contributed by atoms with Gasteiger partial charge in [0.05, 0.1) is 14.9 Å². The standard InChI is InChI=1S/C19H17Cl2N3O5S/c1-11-3-5-13(6-4-11)18-22-17(23-29-18)10-28-19(25)12(2)24-30(26,27)14-7-8-15(20)16(21)9-14/h3-9,12,24H,10H2,1-2H3/t12-/m0/s1. The van der Waals surface area contributed by atoms with Crippen molar-refractivity contribution in [3.8, 4) is 11.5 Å². The second-order valence-electron chi connectivity index (χ2n) is 6.41. The van der Waals surface area contributed by atoms with E-state index in [9.17, 15) is 13.2 Å². The van der Waals surface area contributed by atoms with Gasteiger partial charge in [0, 0.05) is 5.56 Å². The van der Waals surface area contributed by atoms with Crippen molar-refractivity contribution >= 4 is 39.2 Å². The van der Waals surface area contributed by atoms with Crippen LogP contribution in [0.2, 0.25) is 10.0 Å². The SMILES string of the molecule is Cc1ccc(-c2nc(COC(=O)[C@H](C)NS(=O)(=O)c3ccc(Cl)c(Cl)c3)no2)cc1. The van der Waals surface area contributed by atoms with Crippen molar-refractivity contribution in [3.05, 3.63) is 63.9 Å². The van der Waals surface area contributed by atoms with Crippen LogP contribution in [0.5, 0.6) is 0 Å². The molecule has 0 bridgehead atoms. The number of esters is 1. The minimum Gasteiger partial charge on any atom is -0.456 e. The summed E-state index contributed by atoms with van der Waals surface area (Å²) in [7, 11) is -4.01. The summed E-state index contributed by atoms with van der Waals surface area (Å²) >= 11 is 11.6. The second-order valence-corrected chi connectivity index (χ2v) is 8.94. The largest absolute Gasteiger partial charge is 0.456 e. The van der Waals surface area contributed by atoms with Gasteiger partial charge in [-0.2, -0.15) is 9.71 Å². The first kappa shape index (κ1) is 22.2. The molecule has 0 unspecified atom stereocenters. The number of hydrogen-bond donors (Lipinski definition) is 1. The first-order valence-corrected chi connectivity index (χ1v) is 10.9. The van der Waals surface area contributed by atoms with Crippen LogP contribution in [0.4, 0.5) is 0 Å². The van der Waals surface area contributed by atoms with Gasteiger partial charge in [-0.3, -0.25) is 4.79 Å². The van der Waals surface area contributed by atoms with Crippen LogP contribution in [-0.4, -0.2) is 30.6 Å². The van der Waals surface area contributed by atoms with Gasteiger partial charge in [0.2, 0.25) is 15.8 Å². The molecule has 1 N–H and O–H groups in total. The lowest BCUT2D eigenvalue weighted by molar-refractivity contribution is -0.146. The predicted molar refractivity (Wildman–Crippen MR) is 111 cm³/mol. The van der Waals surface area contributed by atoms with E-state index in [4.69, 9.17) is 32.5 Å². The van der Waals surface area contributed by atoms with Crippen molar-refractivity contribution < 1.29 is 22.5 Å². The van der Waals surface area contributed by atoms with Crippen molar-refractivity contribution in [2.45, 2.75) is 31.4 Å². The lowest BCUT2D eigenvalue weighted by Crippen LogP contribution is -2.39. The number of nitrogens with zero attached hydrogens (tertiary/aromatic N) is 2. The average Bonchev–Trinajstić information content (AvgIpc) is 3.17. The fourth-order valence-corrected chi connectivity index (χ4v) is 3.96. The normalized spacial score (nSPS) is 12.5. The summed E-state index contributed by atoms with van der Waals surface area (Å²) in [6.45, 7) is 3.04. The number of aromatic nitrogens is 2. The summed E-state index contributed by atoms with van der Waals surface area (Å²) in [4.78, 5) is 16.2. The third-order valence-electron chi connectivity index (χ3n) is 4.00. The van der Waals surface area contributed by atoms with Crippen molar-refractivity contribution in [1.82, 2.24) is 14.9 Å². The number of nitrogens with one attached hydrogen (secondary N) is 1. The van der Waals surface area contributed by atoms with Crippen LogP contribution in [0.25, 0.3) is 11.5 Å². The van der Waals surface area contributed by atoms with E-state index in [1.54, 1.807) is 0 Å². The Morgan fingerprint density at radius 1 is 1.17 bits per heavy atom. The molecule has 30 heavy (non-hydrogen) atoms. The molecule has 8 nitrogen and oxygen atoms in total. The third-order valence-corrected chi connectivity index (χ3v) is 6.27. The molecule has 0 radical (unpaired) electrons. The number of halogens is 2. The van der Waals surface area contributed by atoms with Gasteiger partial charge >= 0.3 is 5.97 Å². The molecule has 3 aromatic rings. The molecule has 0 aliphatic heterocycles. The van der Waals surface area contributed by atoms with Crippen LogP contribution in [0, 0.1) is 6.92 Å². The van der Waals surface area contributed by atoms with E-state index in [2.05, 4.69) is 14.9 Å². The maximum atomic E-state index is 12.4. The molecule has 11 heteroatoms. The van der Waals surface area contributed by atoms with Crippen LogP contribution < -0.4 is 4.72 Å². The number of carbonyl (C=O) groups is 1. The van der Waals surface area contributed by atoms with E-state index in [1.165, 1.54) is 25.1 Å². The lowest BCUT2D eigenvalue weighted by Gasteiger charge is -2.13. The Labute approximate surface area is 183 Å². The van der Waals surface area contributed by atoms with Gasteiger partial charge in [-0.1, -0.05) is 46.1 Å². The van der Waals surface area contributed by atoms with Gasteiger partial charge < -0.3 is 9.26 Å². The van der Waals surface area contributed by atoms with E-state index in [1.807, 2.05) is 31.2 Å². The molecule has 1 heterocycles. The van der Waals surface area contributed by atoms with Gasteiger partial charge in [-0.25, -0.2) is 8.42 Å². The summed E-state index contributed by atoms with van der Waals surface area (Å²) < 4.78 is 37.3. The Morgan fingerprint density at radius 2 is 1.87 bits per heavy atom. The van der Waals surface area contributed by atoms with Crippen LogP contribution in [0.1, 0.15) is 18.3 Å². The zero-order chi connectivity index (χ0) is 21.9. The summed E-state index contributed by atoms with van der Waals surface area (Å²) in [6, 6.07) is 10.1. The number of ether oxygens (including phenoxy) is 1. The molecule has 0 saturated heterocycles. The smallest absolute Gasteiger partial charge is 0.324 e. The van der Waals surface area contributed by atoms with Gasteiger partial charge in [0.15, 0.2) is 6.61 Å². The molecule has 2 aromatic carbocycles. The molecule has 0 aliphatic rings. The van der Waals surface area contributed by atoms with Crippen molar-refractivity contribution in [2.24, 2.45) is 0 Å². The number of aryl methyl sites for hydroxylation is 1. The van der Waals surface area contributed by atoms with Crippen molar-refractivity contribution in [1.29, 1.82) is 0 Å². The quantitative estimate of drug-likeness (QED) is 0.524. The van der Waals surface area contributed by atoms with E-state index in [0.717, 1.165) is 11.1 Å². The molecule has 158 valence electrons. The van der Waals surface area contributed by atoms with Crippen LogP contribution in [-0.2, 0) is 26.2 Å². The Balaban J connectivity index is 1.59. The first-order valence-electron chi connectivity index (χ1n) is 8.69. The van der Waals surface area contributed by atoms with Crippen LogP contribution in [0.3, 0.4) is 0 Å². The highest BCUT2D eigenvalue weighted by Gasteiger charge is 2.24. The highest BCUT2D eigenvalue weighted by Crippen LogP contribution is 2.25. The van der Waals surface area contributed by atoms with Crippen LogP contribution >= 0.6 is 23.2 Å². The van der Waals surface area contributed by atoms with Gasteiger partial charge in [0.1, 0.15) is 6.04 Å². The third kappa shape index (κ3) is 5.37. The van der Waals surface area contributed by atoms with Gasteiger partial charge in [-0.15, -0.1) is 0 Å². The minimum atomic E-state index is -4.01. The topological polar surface area (TPSA) is 111 Å². The summed E-state index contributed by atoms with van der Waals surface area (Å²) in [5.41, 5.74) is 1.82. The molecule has 1 aromatic heterocycles. The Hall–Kier alpha value is -2.46. The van der Waals surface area contributed by atoms with E-state index < -0.39 is 22.0 Å². The van der Waals surface area contributed by atoms with Gasteiger partial charge in [-0.05, 0) is 44.2 Å². The Bertz CT molecular complexity index is 1160. The number of benzene rings is 2. The average molecular weight is 470 g/mol. The predicted octanol–water partition coefficient (Wildman–Crippen LogP) is 3.76. The fourth-order valence-electron chi connectivity index (χ4n) is 2.38. The molecule has 1 atom stereocenters. The van der Waals surface area contributed by atoms with Crippen molar-refractivity contribution in [2.75, 3.05) is 0 Å². The molecular weight excluding hydrogens is 453 g/mol. The van der Waals surface area contributed by atoms with E-state index in [0.29, 0.717) is 0 Å². The fraction of sp³-hybridized carbons (Fsp3) is 0.211. The monoisotopic (exact) mass is 469 g/mol.